The molecular formula is C16H23BN2O4. The van der Waals surface area contributed by atoms with Crippen molar-refractivity contribution in [1.82, 2.24) is 4.98 Å². The minimum absolute atomic E-state index is 0.242. The van der Waals surface area contributed by atoms with Gasteiger partial charge < -0.3 is 19.8 Å². The fourth-order valence-electron chi connectivity index (χ4n) is 2.23. The molecule has 23 heavy (non-hydrogen) atoms. The summed E-state index contributed by atoms with van der Waals surface area (Å²) in [7, 11) is 0.782. The molecule has 0 aromatic carbocycles. The second kappa shape index (κ2) is 6.43. The van der Waals surface area contributed by atoms with E-state index in [2.05, 4.69) is 4.98 Å². The van der Waals surface area contributed by atoms with Gasteiger partial charge in [0.25, 0.3) is 0 Å². The number of rotatable bonds is 4. The van der Waals surface area contributed by atoms with Crippen LogP contribution in [0.4, 0.5) is 0 Å². The van der Waals surface area contributed by atoms with Crippen LogP contribution in [0.25, 0.3) is 6.08 Å². The van der Waals surface area contributed by atoms with Gasteiger partial charge in [-0.05, 0) is 39.2 Å². The summed E-state index contributed by atoms with van der Waals surface area (Å²) in [5.74, 6) is -0.427. The molecule has 0 spiro atoms. The highest BCUT2D eigenvalue weighted by atomic mass is 16.7. The maximum Gasteiger partial charge on any atom is 0.491 e. The van der Waals surface area contributed by atoms with Crippen LogP contribution in [0.5, 0.6) is 0 Å². The first-order valence-corrected chi connectivity index (χ1v) is 7.50. The van der Waals surface area contributed by atoms with Gasteiger partial charge in [0.2, 0.25) is 0 Å². The van der Waals surface area contributed by atoms with Crippen molar-refractivity contribution in [2.75, 3.05) is 13.7 Å². The van der Waals surface area contributed by atoms with Crippen LogP contribution in [0.3, 0.4) is 0 Å². The lowest BCUT2D eigenvalue weighted by Gasteiger charge is -2.32. The Kier molecular flexibility index (Phi) is 4.94. The number of esters is 1. The number of hydrogen-bond donors (Lipinski definition) is 1. The van der Waals surface area contributed by atoms with Crippen LogP contribution in [0.15, 0.2) is 23.9 Å². The number of carbonyl (C=O) groups is 1. The zero-order valence-electron chi connectivity index (χ0n) is 14.3. The van der Waals surface area contributed by atoms with E-state index in [1.807, 2.05) is 27.7 Å². The number of methoxy groups -OCH3 is 1. The minimum atomic E-state index is -0.560. The predicted molar refractivity (Wildman–Crippen MR) is 88.7 cm³/mol. The van der Waals surface area contributed by atoms with E-state index >= 15 is 0 Å². The third kappa shape index (κ3) is 3.47. The van der Waals surface area contributed by atoms with Gasteiger partial charge in [-0.1, -0.05) is 6.08 Å². The normalized spacial score (nSPS) is 19.7. The molecule has 124 valence electrons. The number of pyridine rings is 1. The first-order valence-electron chi connectivity index (χ1n) is 7.50. The largest absolute Gasteiger partial charge is 0.491 e. The van der Waals surface area contributed by atoms with Gasteiger partial charge in [0.1, 0.15) is 0 Å². The Bertz CT molecular complexity index is 612. The molecule has 1 fully saturated rings. The van der Waals surface area contributed by atoms with Crippen molar-refractivity contribution in [3.63, 3.8) is 0 Å². The highest BCUT2D eigenvalue weighted by molar-refractivity contribution is 6.56. The van der Waals surface area contributed by atoms with Crippen molar-refractivity contribution in [2.24, 2.45) is 5.73 Å². The minimum Gasteiger partial charge on any atom is -0.465 e. The highest BCUT2D eigenvalue weighted by Crippen LogP contribution is 2.38. The van der Waals surface area contributed by atoms with Gasteiger partial charge in [-0.3, -0.25) is 4.98 Å². The number of carbonyl (C=O) groups excluding carboxylic acids is 1. The number of ether oxygens (including phenoxy) is 1. The molecule has 0 bridgehead atoms. The fourth-order valence-corrected chi connectivity index (χ4v) is 2.23. The Morgan fingerprint density at radius 3 is 2.48 bits per heavy atom. The average Bonchev–Trinajstić information content (AvgIpc) is 2.72. The lowest BCUT2D eigenvalue weighted by molar-refractivity contribution is 0.00578. The summed E-state index contributed by atoms with van der Waals surface area (Å²) >= 11 is 0. The Morgan fingerprint density at radius 1 is 1.35 bits per heavy atom. The van der Waals surface area contributed by atoms with Gasteiger partial charge >= 0.3 is 13.1 Å². The second-order valence-corrected chi connectivity index (χ2v) is 6.47. The van der Waals surface area contributed by atoms with E-state index in [1.54, 1.807) is 24.5 Å². The third-order valence-corrected chi connectivity index (χ3v) is 4.39. The molecule has 0 unspecified atom stereocenters. The van der Waals surface area contributed by atoms with Crippen molar-refractivity contribution >= 4 is 19.2 Å². The van der Waals surface area contributed by atoms with E-state index in [4.69, 9.17) is 19.8 Å². The summed E-state index contributed by atoms with van der Waals surface area (Å²) in [5.41, 5.74) is 6.75. The highest BCUT2D eigenvalue weighted by Gasteiger charge is 2.52. The number of nitrogens with two attached hydrogens (primary N) is 1. The van der Waals surface area contributed by atoms with Crippen LogP contribution in [0, 0.1) is 0 Å². The van der Waals surface area contributed by atoms with E-state index in [-0.39, 0.29) is 6.54 Å². The Hall–Kier alpha value is -1.70. The van der Waals surface area contributed by atoms with Crippen LogP contribution in [-0.4, -0.2) is 42.9 Å². The smallest absolute Gasteiger partial charge is 0.465 e. The van der Waals surface area contributed by atoms with E-state index in [9.17, 15) is 4.79 Å². The van der Waals surface area contributed by atoms with Gasteiger partial charge in [0.15, 0.2) is 0 Å². The van der Waals surface area contributed by atoms with Crippen molar-refractivity contribution in [3.05, 3.63) is 35.1 Å². The third-order valence-electron chi connectivity index (χ3n) is 4.39. The number of hydrogen-bond acceptors (Lipinski definition) is 6. The lowest BCUT2D eigenvalue weighted by atomic mass is 9.77. The van der Waals surface area contributed by atoms with Crippen molar-refractivity contribution < 1.29 is 18.8 Å². The zero-order valence-corrected chi connectivity index (χ0v) is 14.3. The molecule has 2 N–H and O–H groups in total. The van der Waals surface area contributed by atoms with Gasteiger partial charge in [-0.15, -0.1) is 0 Å². The summed E-state index contributed by atoms with van der Waals surface area (Å²) in [5, 5.41) is 0. The molecule has 1 aliphatic rings. The lowest BCUT2D eigenvalue weighted by Crippen LogP contribution is -2.41. The molecule has 0 atom stereocenters. The second-order valence-electron chi connectivity index (χ2n) is 6.47. The quantitative estimate of drug-likeness (QED) is 0.674. The Labute approximate surface area is 137 Å². The summed E-state index contributed by atoms with van der Waals surface area (Å²) in [6, 6.07) is 1.61. The SMILES string of the molecule is COC(=O)c1ccncc1C=C(CN)B1OC(C)(C)C(C)(C)O1. The average molecular weight is 318 g/mol. The molecule has 0 radical (unpaired) electrons. The molecule has 1 aromatic rings. The molecule has 7 heteroatoms. The molecule has 0 saturated carbocycles. The molecule has 1 aliphatic heterocycles. The molecule has 0 amide bonds. The van der Waals surface area contributed by atoms with Crippen molar-refractivity contribution in [1.29, 1.82) is 0 Å². The summed E-state index contributed by atoms with van der Waals surface area (Å²) in [6.07, 6.45) is 4.91. The topological polar surface area (TPSA) is 83.7 Å². The molecule has 2 rings (SSSR count). The van der Waals surface area contributed by atoms with Crippen LogP contribution in [-0.2, 0) is 14.0 Å². The molecule has 1 saturated heterocycles. The van der Waals surface area contributed by atoms with Gasteiger partial charge in [-0.2, -0.15) is 0 Å². The Balaban J connectivity index is 2.36. The zero-order chi connectivity index (χ0) is 17.3. The van der Waals surface area contributed by atoms with Crippen molar-refractivity contribution in [3.8, 4) is 0 Å². The van der Waals surface area contributed by atoms with E-state index in [0.717, 1.165) is 5.47 Å². The van der Waals surface area contributed by atoms with Crippen LogP contribution in [0.1, 0.15) is 43.6 Å². The van der Waals surface area contributed by atoms with E-state index in [0.29, 0.717) is 11.1 Å². The predicted octanol–water partition coefficient (Wildman–Crippen LogP) is 1.84. The molecule has 1 aromatic heterocycles. The molecule has 2 heterocycles. The standard InChI is InChI=1S/C16H23BN2O4/c1-15(2)16(3,4)23-17(22-15)12(9-18)8-11-10-19-7-6-13(11)14(20)21-5/h6-8,10H,9,18H2,1-5H3. The first-order chi connectivity index (χ1) is 10.7. The Morgan fingerprint density at radius 2 is 1.96 bits per heavy atom. The van der Waals surface area contributed by atoms with Gasteiger partial charge in [0.05, 0.1) is 23.9 Å². The van der Waals surface area contributed by atoms with E-state index < -0.39 is 24.3 Å². The van der Waals surface area contributed by atoms with Crippen LogP contribution in [0.2, 0.25) is 0 Å². The van der Waals surface area contributed by atoms with Gasteiger partial charge in [0, 0.05) is 24.5 Å². The summed E-state index contributed by atoms with van der Waals surface area (Å²) < 4.78 is 16.8. The summed E-state index contributed by atoms with van der Waals surface area (Å²) in [6.45, 7) is 8.15. The summed E-state index contributed by atoms with van der Waals surface area (Å²) in [4.78, 5) is 15.9. The number of nitrogens with zero attached hydrogens (tertiary/aromatic N) is 1. The monoisotopic (exact) mass is 318 g/mol. The maximum atomic E-state index is 11.9. The maximum absolute atomic E-state index is 11.9. The van der Waals surface area contributed by atoms with E-state index in [1.165, 1.54) is 7.11 Å². The number of aromatic nitrogens is 1. The first kappa shape index (κ1) is 17.7. The molecule has 0 aliphatic carbocycles. The van der Waals surface area contributed by atoms with Gasteiger partial charge in [-0.25, -0.2) is 4.79 Å². The molecular weight excluding hydrogens is 295 g/mol. The fraction of sp³-hybridized carbons (Fsp3) is 0.500. The van der Waals surface area contributed by atoms with Crippen LogP contribution >= 0.6 is 0 Å². The van der Waals surface area contributed by atoms with Crippen LogP contribution < -0.4 is 5.73 Å². The van der Waals surface area contributed by atoms with Crippen molar-refractivity contribution in [2.45, 2.75) is 38.9 Å². The molecule has 6 nitrogen and oxygen atoms in total.